The number of carboxylic acids is 1. The Morgan fingerprint density at radius 3 is 2.41 bits per heavy atom. The van der Waals surface area contributed by atoms with Crippen molar-refractivity contribution in [1.82, 2.24) is 4.98 Å². The topological polar surface area (TPSA) is 50.2 Å². The molecule has 4 heteroatoms. The maximum Gasteiger partial charge on any atom is 0.303 e. The van der Waals surface area contributed by atoms with E-state index in [1.807, 2.05) is 36.5 Å². The number of aromatic nitrogens is 1. The smallest absolute Gasteiger partial charge is 0.303 e. The molecule has 1 aromatic carbocycles. The molecule has 0 saturated heterocycles. The molecule has 116 valence electrons. The molecule has 0 atom stereocenters. The summed E-state index contributed by atoms with van der Waals surface area (Å²) >= 11 is 0. The van der Waals surface area contributed by atoms with Gasteiger partial charge >= 0.3 is 5.97 Å². The zero-order valence-corrected chi connectivity index (χ0v) is 13.1. The summed E-state index contributed by atoms with van der Waals surface area (Å²) in [7, 11) is 0. The molecule has 0 amide bonds. The first-order chi connectivity index (χ1) is 10.3. The summed E-state index contributed by atoms with van der Waals surface area (Å²) in [6, 6.07) is 14.2. The van der Waals surface area contributed by atoms with Crippen LogP contribution < -0.4 is 0 Å². The summed E-state index contributed by atoms with van der Waals surface area (Å²) in [5.74, 6) is -0.727. The Morgan fingerprint density at radius 2 is 1.77 bits per heavy atom. The zero-order chi connectivity index (χ0) is 14.9. The maximum atomic E-state index is 10.5. The Bertz CT molecular complexity index is 555. The van der Waals surface area contributed by atoms with Crippen molar-refractivity contribution in [1.29, 1.82) is 0 Å². The van der Waals surface area contributed by atoms with Crippen LogP contribution >= 0.6 is 12.4 Å². The van der Waals surface area contributed by atoms with Crippen LogP contribution in [0.2, 0.25) is 0 Å². The van der Waals surface area contributed by atoms with Gasteiger partial charge in [-0.05, 0) is 36.5 Å². The van der Waals surface area contributed by atoms with E-state index in [1.165, 1.54) is 0 Å². The molecule has 0 spiro atoms. The molecular formula is C18H20ClNO2. The molecule has 0 saturated carbocycles. The van der Waals surface area contributed by atoms with Gasteiger partial charge in [0.1, 0.15) is 0 Å². The van der Waals surface area contributed by atoms with Crippen LogP contribution in [0.4, 0.5) is 0 Å². The Morgan fingerprint density at radius 1 is 1.05 bits per heavy atom. The first-order valence-electron chi connectivity index (χ1n) is 7.15. The van der Waals surface area contributed by atoms with E-state index in [0.717, 1.165) is 29.5 Å². The van der Waals surface area contributed by atoms with Crippen LogP contribution in [-0.2, 0) is 4.79 Å². The highest BCUT2D eigenvalue weighted by Gasteiger charge is 2.04. The lowest BCUT2D eigenvalue weighted by Crippen LogP contribution is -1.93. The van der Waals surface area contributed by atoms with Gasteiger partial charge in [-0.1, -0.05) is 42.5 Å². The van der Waals surface area contributed by atoms with E-state index in [-0.39, 0.29) is 18.8 Å². The van der Waals surface area contributed by atoms with Crippen LogP contribution in [0.5, 0.6) is 0 Å². The van der Waals surface area contributed by atoms with Gasteiger partial charge in [0.2, 0.25) is 0 Å². The summed E-state index contributed by atoms with van der Waals surface area (Å²) in [6.45, 7) is 0. The SMILES string of the molecule is Cl.O=C(O)CCCCC=C(c1ccccc1)c1cccnc1. The third kappa shape index (κ3) is 5.70. The van der Waals surface area contributed by atoms with Crippen molar-refractivity contribution in [3.8, 4) is 0 Å². The van der Waals surface area contributed by atoms with Gasteiger partial charge in [0.15, 0.2) is 0 Å². The minimum Gasteiger partial charge on any atom is -0.481 e. The number of nitrogens with zero attached hydrogens (tertiary/aromatic N) is 1. The number of rotatable bonds is 7. The van der Waals surface area contributed by atoms with E-state index in [9.17, 15) is 4.79 Å². The Kier molecular flexibility index (Phi) is 7.94. The molecule has 0 aliphatic heterocycles. The largest absolute Gasteiger partial charge is 0.481 e. The third-order valence-electron chi connectivity index (χ3n) is 3.25. The number of allylic oxidation sites excluding steroid dienone is 1. The van der Waals surface area contributed by atoms with Crippen molar-refractivity contribution >= 4 is 23.9 Å². The highest BCUT2D eigenvalue weighted by Crippen LogP contribution is 2.23. The Hall–Kier alpha value is -2.13. The zero-order valence-electron chi connectivity index (χ0n) is 12.3. The van der Waals surface area contributed by atoms with Gasteiger partial charge in [-0.25, -0.2) is 0 Å². The van der Waals surface area contributed by atoms with E-state index < -0.39 is 5.97 Å². The molecule has 2 rings (SSSR count). The van der Waals surface area contributed by atoms with Gasteiger partial charge in [0.05, 0.1) is 0 Å². The van der Waals surface area contributed by atoms with Gasteiger partial charge in [-0.3, -0.25) is 9.78 Å². The standard InChI is InChI=1S/C18H19NO2.ClH/c20-18(21)12-6-2-5-11-17(15-8-3-1-4-9-15)16-10-7-13-19-14-16;/h1,3-4,7-11,13-14H,2,5-6,12H2,(H,20,21);1H. The number of halogens is 1. The van der Waals surface area contributed by atoms with Gasteiger partial charge in [-0.15, -0.1) is 12.4 Å². The average molecular weight is 318 g/mol. The fourth-order valence-corrected chi connectivity index (χ4v) is 2.21. The molecule has 1 N–H and O–H groups in total. The monoisotopic (exact) mass is 317 g/mol. The molecular weight excluding hydrogens is 298 g/mol. The van der Waals surface area contributed by atoms with E-state index >= 15 is 0 Å². The Labute approximate surface area is 137 Å². The van der Waals surface area contributed by atoms with E-state index in [0.29, 0.717) is 6.42 Å². The van der Waals surface area contributed by atoms with Crippen LogP contribution in [0.3, 0.4) is 0 Å². The number of benzene rings is 1. The number of pyridine rings is 1. The normalized spacial score (nSPS) is 10.8. The number of aliphatic carboxylic acids is 1. The average Bonchev–Trinajstić information content (AvgIpc) is 2.52. The molecule has 22 heavy (non-hydrogen) atoms. The van der Waals surface area contributed by atoms with Gasteiger partial charge in [-0.2, -0.15) is 0 Å². The molecule has 0 unspecified atom stereocenters. The number of hydrogen-bond acceptors (Lipinski definition) is 2. The minimum atomic E-state index is -0.727. The second-order valence-electron chi connectivity index (χ2n) is 4.87. The molecule has 3 nitrogen and oxygen atoms in total. The summed E-state index contributed by atoms with van der Waals surface area (Å²) in [5, 5.41) is 8.65. The minimum absolute atomic E-state index is 0. The summed E-state index contributed by atoms with van der Waals surface area (Å²) in [4.78, 5) is 14.7. The van der Waals surface area contributed by atoms with E-state index in [2.05, 4.69) is 23.2 Å². The third-order valence-corrected chi connectivity index (χ3v) is 3.25. The molecule has 2 aromatic rings. The molecule has 0 aliphatic rings. The van der Waals surface area contributed by atoms with Crippen molar-refractivity contribution in [2.45, 2.75) is 25.7 Å². The highest BCUT2D eigenvalue weighted by molar-refractivity contribution is 5.85. The van der Waals surface area contributed by atoms with Crippen molar-refractivity contribution in [2.24, 2.45) is 0 Å². The van der Waals surface area contributed by atoms with Crippen molar-refractivity contribution < 1.29 is 9.90 Å². The van der Waals surface area contributed by atoms with Gasteiger partial charge in [0.25, 0.3) is 0 Å². The number of carbonyl (C=O) groups is 1. The van der Waals surface area contributed by atoms with Crippen LogP contribution in [0.1, 0.15) is 36.8 Å². The molecule has 1 heterocycles. The maximum absolute atomic E-state index is 10.5. The lowest BCUT2D eigenvalue weighted by Gasteiger charge is -2.08. The van der Waals surface area contributed by atoms with Crippen LogP contribution in [0, 0.1) is 0 Å². The predicted octanol–water partition coefficient (Wildman–Crippen LogP) is 4.58. The first-order valence-corrected chi connectivity index (χ1v) is 7.15. The molecule has 0 fully saturated rings. The van der Waals surface area contributed by atoms with Crippen molar-refractivity contribution in [2.75, 3.05) is 0 Å². The molecule has 1 aromatic heterocycles. The summed E-state index contributed by atoms with van der Waals surface area (Å²) in [5.41, 5.74) is 3.39. The van der Waals surface area contributed by atoms with E-state index in [1.54, 1.807) is 6.20 Å². The summed E-state index contributed by atoms with van der Waals surface area (Å²) < 4.78 is 0. The van der Waals surface area contributed by atoms with Crippen molar-refractivity contribution in [3.63, 3.8) is 0 Å². The second-order valence-corrected chi connectivity index (χ2v) is 4.87. The fraction of sp³-hybridized carbons (Fsp3) is 0.222. The second kappa shape index (κ2) is 9.74. The van der Waals surface area contributed by atoms with Gasteiger partial charge < -0.3 is 5.11 Å². The van der Waals surface area contributed by atoms with Gasteiger partial charge in [0, 0.05) is 24.4 Å². The molecule has 0 bridgehead atoms. The number of carboxylic acid groups (broad SMARTS) is 1. The fourth-order valence-electron chi connectivity index (χ4n) is 2.21. The predicted molar refractivity (Wildman–Crippen MR) is 91.1 cm³/mol. The number of unbranched alkanes of at least 4 members (excludes halogenated alkanes) is 2. The van der Waals surface area contributed by atoms with E-state index in [4.69, 9.17) is 5.11 Å². The molecule has 0 radical (unpaired) electrons. The molecule has 0 aliphatic carbocycles. The van der Waals surface area contributed by atoms with Crippen LogP contribution in [-0.4, -0.2) is 16.1 Å². The summed E-state index contributed by atoms with van der Waals surface area (Å²) in [6.07, 6.45) is 8.49. The lowest BCUT2D eigenvalue weighted by atomic mass is 9.97. The first kappa shape index (κ1) is 17.9. The lowest BCUT2D eigenvalue weighted by molar-refractivity contribution is -0.137. The van der Waals surface area contributed by atoms with Crippen LogP contribution in [0.25, 0.3) is 5.57 Å². The Balaban J connectivity index is 0.00000242. The van der Waals surface area contributed by atoms with Crippen molar-refractivity contribution in [3.05, 3.63) is 72.1 Å². The quantitative estimate of drug-likeness (QED) is 0.760. The number of hydrogen-bond donors (Lipinski definition) is 1. The van der Waals surface area contributed by atoms with Crippen LogP contribution in [0.15, 0.2) is 60.9 Å². The highest BCUT2D eigenvalue weighted by atomic mass is 35.5.